The Morgan fingerprint density at radius 2 is 2.19 bits per heavy atom. The molecule has 88 valence electrons. The van der Waals surface area contributed by atoms with Gasteiger partial charge in [-0.05, 0) is 31.7 Å². The highest BCUT2D eigenvalue weighted by Crippen LogP contribution is 2.28. The molecule has 1 heterocycles. The Bertz CT molecular complexity index is 378. The van der Waals surface area contributed by atoms with E-state index in [0.717, 1.165) is 31.2 Å². The molecule has 1 aliphatic carbocycles. The third-order valence-corrected chi connectivity index (χ3v) is 3.63. The molecule has 0 amide bonds. The molecule has 0 saturated carbocycles. The van der Waals surface area contributed by atoms with Gasteiger partial charge in [0.25, 0.3) is 0 Å². The molecule has 16 heavy (non-hydrogen) atoms. The Balaban J connectivity index is 2.31. The Labute approximate surface area is 97.7 Å². The van der Waals surface area contributed by atoms with Gasteiger partial charge in [0.15, 0.2) is 5.78 Å². The van der Waals surface area contributed by atoms with Gasteiger partial charge in [0.05, 0.1) is 0 Å². The number of carbonyl (C=O) groups is 1. The summed E-state index contributed by atoms with van der Waals surface area (Å²) in [4.78, 5) is 11.8. The standard InChI is InChI=1S/C14H21NO/c1-3-6-11(4-2)15-10-9-12-13(15)7-5-8-14(12)16/h9-11H,3-8H2,1-2H3. The van der Waals surface area contributed by atoms with Crippen molar-refractivity contribution in [2.45, 2.75) is 58.4 Å². The van der Waals surface area contributed by atoms with Crippen LogP contribution in [-0.2, 0) is 6.42 Å². The van der Waals surface area contributed by atoms with Gasteiger partial charge in [-0.15, -0.1) is 0 Å². The smallest absolute Gasteiger partial charge is 0.164 e. The molecule has 0 N–H and O–H groups in total. The average Bonchev–Trinajstić information content (AvgIpc) is 2.71. The maximum atomic E-state index is 11.8. The van der Waals surface area contributed by atoms with Crippen LogP contribution >= 0.6 is 0 Å². The summed E-state index contributed by atoms with van der Waals surface area (Å²) in [6.07, 6.45) is 8.54. The number of nitrogens with zero attached hydrogens (tertiary/aromatic N) is 1. The van der Waals surface area contributed by atoms with E-state index < -0.39 is 0 Å². The number of fused-ring (bicyclic) bond motifs is 1. The quantitative estimate of drug-likeness (QED) is 0.755. The summed E-state index contributed by atoms with van der Waals surface area (Å²) in [5.41, 5.74) is 2.28. The number of carbonyl (C=O) groups excluding carboxylic acids is 1. The molecule has 0 bridgehead atoms. The lowest BCUT2D eigenvalue weighted by atomic mass is 9.96. The maximum absolute atomic E-state index is 11.8. The molecule has 0 radical (unpaired) electrons. The van der Waals surface area contributed by atoms with E-state index in [1.165, 1.54) is 18.5 Å². The van der Waals surface area contributed by atoms with Gasteiger partial charge in [-0.25, -0.2) is 0 Å². The van der Waals surface area contributed by atoms with Gasteiger partial charge < -0.3 is 4.57 Å². The summed E-state index contributed by atoms with van der Waals surface area (Å²) in [6.45, 7) is 4.46. The number of Topliss-reactive ketones (excluding diaryl/α,β-unsaturated/α-hetero) is 1. The zero-order chi connectivity index (χ0) is 11.5. The second-order valence-electron chi connectivity index (χ2n) is 4.71. The summed E-state index contributed by atoms with van der Waals surface area (Å²) < 4.78 is 2.36. The minimum Gasteiger partial charge on any atom is -0.348 e. The summed E-state index contributed by atoms with van der Waals surface area (Å²) in [5.74, 6) is 0.339. The first-order valence-electron chi connectivity index (χ1n) is 6.50. The molecule has 2 nitrogen and oxygen atoms in total. The first-order valence-corrected chi connectivity index (χ1v) is 6.50. The number of hydrogen-bond acceptors (Lipinski definition) is 1. The van der Waals surface area contributed by atoms with Gasteiger partial charge in [0, 0.05) is 29.9 Å². The molecule has 0 fully saturated rings. The van der Waals surface area contributed by atoms with E-state index in [-0.39, 0.29) is 0 Å². The summed E-state index contributed by atoms with van der Waals surface area (Å²) in [6, 6.07) is 2.61. The fourth-order valence-corrected chi connectivity index (χ4v) is 2.76. The highest BCUT2D eigenvalue weighted by Gasteiger charge is 2.22. The van der Waals surface area contributed by atoms with Crippen molar-refractivity contribution >= 4 is 5.78 Å². The highest BCUT2D eigenvalue weighted by molar-refractivity contribution is 5.98. The van der Waals surface area contributed by atoms with E-state index in [0.29, 0.717) is 11.8 Å². The van der Waals surface area contributed by atoms with Crippen LogP contribution in [0.5, 0.6) is 0 Å². The zero-order valence-electron chi connectivity index (χ0n) is 10.3. The van der Waals surface area contributed by atoms with Crippen molar-refractivity contribution in [3.63, 3.8) is 0 Å². The first kappa shape index (κ1) is 11.4. The van der Waals surface area contributed by atoms with Crippen molar-refractivity contribution < 1.29 is 4.79 Å². The molecule has 0 aliphatic heterocycles. The highest BCUT2D eigenvalue weighted by atomic mass is 16.1. The van der Waals surface area contributed by atoms with Gasteiger partial charge in [0.2, 0.25) is 0 Å². The molecule has 1 aromatic heterocycles. The van der Waals surface area contributed by atoms with E-state index in [2.05, 4.69) is 24.6 Å². The number of ketones is 1. The number of hydrogen-bond donors (Lipinski definition) is 0. The van der Waals surface area contributed by atoms with Crippen molar-refractivity contribution in [3.05, 3.63) is 23.5 Å². The molecule has 0 aromatic carbocycles. The van der Waals surface area contributed by atoms with Gasteiger partial charge >= 0.3 is 0 Å². The minimum atomic E-state index is 0.339. The van der Waals surface area contributed by atoms with E-state index in [9.17, 15) is 4.79 Å². The Hall–Kier alpha value is -1.05. The minimum absolute atomic E-state index is 0.339. The van der Waals surface area contributed by atoms with Crippen LogP contribution < -0.4 is 0 Å². The summed E-state index contributed by atoms with van der Waals surface area (Å²) in [5, 5.41) is 0. The van der Waals surface area contributed by atoms with Crippen LogP contribution in [0.2, 0.25) is 0 Å². The van der Waals surface area contributed by atoms with Crippen LogP contribution in [0.3, 0.4) is 0 Å². The molecule has 1 atom stereocenters. The van der Waals surface area contributed by atoms with Crippen LogP contribution in [0.1, 0.15) is 68.0 Å². The fourth-order valence-electron chi connectivity index (χ4n) is 2.76. The van der Waals surface area contributed by atoms with Gasteiger partial charge in [-0.3, -0.25) is 4.79 Å². The van der Waals surface area contributed by atoms with Crippen molar-refractivity contribution in [1.29, 1.82) is 0 Å². The van der Waals surface area contributed by atoms with Crippen LogP contribution in [0.15, 0.2) is 12.3 Å². The molecule has 2 heteroatoms. The van der Waals surface area contributed by atoms with E-state index in [4.69, 9.17) is 0 Å². The summed E-state index contributed by atoms with van der Waals surface area (Å²) in [7, 11) is 0. The Morgan fingerprint density at radius 1 is 1.38 bits per heavy atom. The molecule has 0 spiro atoms. The van der Waals surface area contributed by atoms with Crippen molar-refractivity contribution in [1.82, 2.24) is 4.57 Å². The van der Waals surface area contributed by atoms with Gasteiger partial charge in [0.1, 0.15) is 0 Å². The van der Waals surface area contributed by atoms with Crippen molar-refractivity contribution in [2.75, 3.05) is 0 Å². The molecule has 2 rings (SSSR count). The maximum Gasteiger partial charge on any atom is 0.164 e. The zero-order valence-corrected chi connectivity index (χ0v) is 10.3. The number of aromatic nitrogens is 1. The SMILES string of the molecule is CCCC(CC)n1ccc2c1CCCC2=O. The lowest BCUT2D eigenvalue weighted by Crippen LogP contribution is -2.16. The topological polar surface area (TPSA) is 22.0 Å². The van der Waals surface area contributed by atoms with Crippen molar-refractivity contribution in [2.24, 2.45) is 0 Å². The largest absolute Gasteiger partial charge is 0.348 e. The lowest BCUT2D eigenvalue weighted by molar-refractivity contribution is 0.0971. The Morgan fingerprint density at radius 3 is 2.88 bits per heavy atom. The van der Waals surface area contributed by atoms with E-state index >= 15 is 0 Å². The molecular formula is C14H21NO. The second-order valence-corrected chi connectivity index (χ2v) is 4.71. The molecule has 1 aromatic rings. The van der Waals surface area contributed by atoms with E-state index in [1.807, 2.05) is 6.07 Å². The number of rotatable bonds is 4. The van der Waals surface area contributed by atoms with Crippen LogP contribution in [-0.4, -0.2) is 10.4 Å². The predicted molar refractivity (Wildman–Crippen MR) is 65.9 cm³/mol. The summed E-state index contributed by atoms with van der Waals surface area (Å²) >= 11 is 0. The fraction of sp³-hybridized carbons (Fsp3) is 0.643. The van der Waals surface area contributed by atoms with Crippen molar-refractivity contribution in [3.8, 4) is 0 Å². The van der Waals surface area contributed by atoms with Crippen LogP contribution in [0.25, 0.3) is 0 Å². The molecular weight excluding hydrogens is 198 g/mol. The van der Waals surface area contributed by atoms with Gasteiger partial charge in [-0.2, -0.15) is 0 Å². The Kier molecular flexibility index (Phi) is 3.47. The van der Waals surface area contributed by atoms with E-state index in [1.54, 1.807) is 0 Å². The van der Waals surface area contributed by atoms with Crippen LogP contribution in [0.4, 0.5) is 0 Å². The second kappa shape index (κ2) is 4.86. The molecule has 1 unspecified atom stereocenters. The average molecular weight is 219 g/mol. The van der Waals surface area contributed by atoms with Crippen LogP contribution in [0, 0.1) is 0 Å². The third kappa shape index (κ3) is 1.93. The predicted octanol–water partition coefficient (Wildman–Crippen LogP) is 3.76. The molecule has 1 aliphatic rings. The van der Waals surface area contributed by atoms with Gasteiger partial charge in [-0.1, -0.05) is 20.3 Å². The molecule has 0 saturated heterocycles. The lowest BCUT2D eigenvalue weighted by Gasteiger charge is -2.22. The normalized spacial score (nSPS) is 17.2. The third-order valence-electron chi connectivity index (χ3n) is 3.63. The first-order chi connectivity index (χ1) is 7.77. The monoisotopic (exact) mass is 219 g/mol.